The fourth-order valence-corrected chi connectivity index (χ4v) is 4.10. The van der Waals surface area contributed by atoms with E-state index in [1.54, 1.807) is 0 Å². The molecule has 1 fully saturated rings. The van der Waals surface area contributed by atoms with Gasteiger partial charge in [0.25, 0.3) is 0 Å². The van der Waals surface area contributed by atoms with Crippen LogP contribution in [0.4, 0.5) is 0 Å². The summed E-state index contributed by atoms with van der Waals surface area (Å²) < 4.78 is 10.9. The molecule has 1 atom stereocenters. The zero-order valence-corrected chi connectivity index (χ0v) is 17.6. The molecule has 4 heteroatoms. The minimum absolute atomic E-state index is 0.0930. The van der Waals surface area contributed by atoms with Gasteiger partial charge in [-0.1, -0.05) is 39.3 Å². The van der Waals surface area contributed by atoms with E-state index >= 15 is 0 Å². The molecule has 0 spiro atoms. The third-order valence-corrected chi connectivity index (χ3v) is 5.57. The molecule has 1 aliphatic carbocycles. The fourth-order valence-electron chi connectivity index (χ4n) is 4.10. The standard InChI is InChI=1S/C23H37NO3/c1-5-8-22(25)27-16-15-24-21(17-18(3)4)23(13-7-14-23)19-9-11-20(12-10-19)26-6-2/h9-12,18,21,24H,5-8,13-17H2,1-4H3. The van der Waals surface area contributed by atoms with Gasteiger partial charge in [-0.2, -0.15) is 0 Å². The summed E-state index contributed by atoms with van der Waals surface area (Å²) in [6.07, 6.45) is 6.15. The molecule has 0 amide bonds. The van der Waals surface area contributed by atoms with Crippen LogP contribution in [0.5, 0.6) is 5.75 Å². The predicted molar refractivity (Wildman–Crippen MR) is 110 cm³/mol. The lowest BCUT2D eigenvalue weighted by Gasteiger charge is -2.49. The van der Waals surface area contributed by atoms with Crippen LogP contribution in [0.15, 0.2) is 24.3 Å². The van der Waals surface area contributed by atoms with Crippen molar-refractivity contribution in [1.82, 2.24) is 5.32 Å². The summed E-state index contributed by atoms with van der Waals surface area (Å²) in [5, 5.41) is 3.72. The van der Waals surface area contributed by atoms with Crippen LogP contribution in [0.25, 0.3) is 0 Å². The molecule has 0 heterocycles. The van der Waals surface area contributed by atoms with E-state index in [9.17, 15) is 4.79 Å². The quantitative estimate of drug-likeness (QED) is 0.419. The molecular formula is C23H37NO3. The van der Waals surface area contributed by atoms with Crippen LogP contribution in [0.3, 0.4) is 0 Å². The Morgan fingerprint density at radius 3 is 2.41 bits per heavy atom. The third kappa shape index (κ3) is 5.97. The number of benzene rings is 1. The Bertz CT molecular complexity index is 563. The van der Waals surface area contributed by atoms with Gasteiger partial charge in [0.05, 0.1) is 6.61 Å². The van der Waals surface area contributed by atoms with Gasteiger partial charge in [-0.05, 0) is 56.2 Å². The number of carbonyl (C=O) groups excluding carboxylic acids is 1. The zero-order valence-electron chi connectivity index (χ0n) is 17.6. The molecule has 0 bridgehead atoms. The minimum atomic E-state index is -0.0930. The van der Waals surface area contributed by atoms with Crippen molar-refractivity contribution in [2.24, 2.45) is 5.92 Å². The lowest BCUT2D eigenvalue weighted by Crippen LogP contribution is -2.54. The summed E-state index contributed by atoms with van der Waals surface area (Å²) in [5.41, 5.74) is 1.58. The summed E-state index contributed by atoms with van der Waals surface area (Å²) >= 11 is 0. The lowest BCUT2D eigenvalue weighted by molar-refractivity contribution is -0.143. The lowest BCUT2D eigenvalue weighted by atomic mass is 9.59. The smallest absolute Gasteiger partial charge is 0.305 e. The maximum atomic E-state index is 11.6. The van der Waals surface area contributed by atoms with Crippen molar-refractivity contribution in [3.63, 3.8) is 0 Å². The van der Waals surface area contributed by atoms with Crippen LogP contribution in [0, 0.1) is 5.92 Å². The molecular weight excluding hydrogens is 338 g/mol. The zero-order chi connectivity index (χ0) is 19.7. The molecule has 152 valence electrons. The van der Waals surface area contributed by atoms with E-state index < -0.39 is 0 Å². The first-order valence-electron chi connectivity index (χ1n) is 10.6. The van der Waals surface area contributed by atoms with Gasteiger partial charge in [0.1, 0.15) is 12.4 Å². The summed E-state index contributed by atoms with van der Waals surface area (Å²) in [6.45, 7) is 10.4. The van der Waals surface area contributed by atoms with E-state index in [1.165, 1.54) is 24.8 Å². The van der Waals surface area contributed by atoms with Gasteiger partial charge in [-0.3, -0.25) is 4.79 Å². The van der Waals surface area contributed by atoms with E-state index in [-0.39, 0.29) is 11.4 Å². The van der Waals surface area contributed by atoms with Crippen LogP contribution in [-0.4, -0.2) is 31.8 Å². The van der Waals surface area contributed by atoms with E-state index in [0.717, 1.165) is 18.6 Å². The van der Waals surface area contributed by atoms with Gasteiger partial charge >= 0.3 is 5.97 Å². The Hall–Kier alpha value is -1.55. The molecule has 27 heavy (non-hydrogen) atoms. The minimum Gasteiger partial charge on any atom is -0.494 e. The number of carbonyl (C=O) groups is 1. The first-order valence-corrected chi connectivity index (χ1v) is 10.6. The summed E-state index contributed by atoms with van der Waals surface area (Å²) in [6, 6.07) is 9.06. The Morgan fingerprint density at radius 2 is 1.89 bits per heavy atom. The first kappa shape index (κ1) is 21.7. The van der Waals surface area contributed by atoms with E-state index in [0.29, 0.717) is 38.1 Å². The van der Waals surface area contributed by atoms with Crippen molar-refractivity contribution in [1.29, 1.82) is 0 Å². The second-order valence-electron chi connectivity index (χ2n) is 8.07. The highest BCUT2D eigenvalue weighted by Gasteiger charge is 2.45. The maximum absolute atomic E-state index is 11.6. The highest BCUT2D eigenvalue weighted by atomic mass is 16.5. The topological polar surface area (TPSA) is 47.6 Å². The maximum Gasteiger partial charge on any atom is 0.305 e. The average molecular weight is 376 g/mol. The molecule has 0 aliphatic heterocycles. The fraction of sp³-hybridized carbons (Fsp3) is 0.696. The number of hydrogen-bond acceptors (Lipinski definition) is 4. The monoisotopic (exact) mass is 375 g/mol. The van der Waals surface area contributed by atoms with Gasteiger partial charge < -0.3 is 14.8 Å². The molecule has 1 saturated carbocycles. The number of nitrogens with one attached hydrogen (secondary N) is 1. The second-order valence-corrected chi connectivity index (χ2v) is 8.07. The van der Waals surface area contributed by atoms with Crippen molar-refractivity contribution in [2.75, 3.05) is 19.8 Å². The van der Waals surface area contributed by atoms with Gasteiger partial charge in [-0.15, -0.1) is 0 Å². The number of esters is 1. The van der Waals surface area contributed by atoms with Crippen LogP contribution < -0.4 is 10.1 Å². The Kier molecular flexibility index (Phi) is 8.62. The van der Waals surface area contributed by atoms with Gasteiger partial charge in [0.2, 0.25) is 0 Å². The highest BCUT2D eigenvalue weighted by molar-refractivity contribution is 5.69. The molecule has 4 nitrogen and oxygen atoms in total. The van der Waals surface area contributed by atoms with Crippen LogP contribution in [0.2, 0.25) is 0 Å². The van der Waals surface area contributed by atoms with Crippen molar-refractivity contribution in [2.45, 2.75) is 77.7 Å². The van der Waals surface area contributed by atoms with Crippen molar-refractivity contribution < 1.29 is 14.3 Å². The summed E-state index contributed by atoms with van der Waals surface area (Å²) in [7, 11) is 0. The van der Waals surface area contributed by atoms with Gasteiger partial charge in [-0.25, -0.2) is 0 Å². The van der Waals surface area contributed by atoms with Gasteiger partial charge in [0, 0.05) is 24.4 Å². The van der Waals surface area contributed by atoms with E-state index in [1.807, 2.05) is 13.8 Å². The first-order chi connectivity index (χ1) is 13.0. The number of hydrogen-bond donors (Lipinski definition) is 1. The SMILES string of the molecule is CCCC(=O)OCCNC(CC(C)C)C1(c2ccc(OCC)cc2)CCC1. The highest BCUT2D eigenvalue weighted by Crippen LogP contribution is 2.48. The van der Waals surface area contributed by atoms with Crippen molar-refractivity contribution in [3.8, 4) is 5.75 Å². The molecule has 2 rings (SSSR count). The Balaban J connectivity index is 2.04. The Labute approximate surface area is 165 Å². The molecule has 0 saturated heterocycles. The molecule has 1 N–H and O–H groups in total. The van der Waals surface area contributed by atoms with Crippen molar-refractivity contribution in [3.05, 3.63) is 29.8 Å². The third-order valence-electron chi connectivity index (χ3n) is 5.57. The van der Waals surface area contributed by atoms with E-state index in [4.69, 9.17) is 9.47 Å². The molecule has 0 radical (unpaired) electrons. The van der Waals surface area contributed by atoms with Crippen LogP contribution >= 0.6 is 0 Å². The molecule has 1 aromatic carbocycles. The molecule has 1 aromatic rings. The van der Waals surface area contributed by atoms with Crippen molar-refractivity contribution >= 4 is 5.97 Å². The Morgan fingerprint density at radius 1 is 1.19 bits per heavy atom. The normalized spacial score (nSPS) is 16.6. The second kappa shape index (κ2) is 10.7. The van der Waals surface area contributed by atoms with Crippen LogP contribution in [0.1, 0.15) is 71.8 Å². The number of rotatable bonds is 12. The van der Waals surface area contributed by atoms with Crippen LogP contribution in [-0.2, 0) is 14.9 Å². The molecule has 1 unspecified atom stereocenters. The summed E-state index contributed by atoms with van der Waals surface area (Å²) in [4.78, 5) is 11.6. The van der Waals surface area contributed by atoms with Gasteiger partial charge in [0.15, 0.2) is 0 Å². The average Bonchev–Trinajstić information content (AvgIpc) is 2.59. The largest absolute Gasteiger partial charge is 0.494 e. The molecule has 1 aliphatic rings. The molecule has 0 aromatic heterocycles. The predicted octanol–water partition coefficient (Wildman–Crippen LogP) is 4.85. The summed E-state index contributed by atoms with van der Waals surface area (Å²) in [5.74, 6) is 1.46. The van der Waals surface area contributed by atoms with E-state index in [2.05, 4.69) is 43.4 Å². The number of ether oxygens (including phenoxy) is 2.